The van der Waals surface area contributed by atoms with Crippen LogP contribution in [0.1, 0.15) is 57.4 Å². The molecule has 1 aromatic carbocycles. The van der Waals surface area contributed by atoms with Crippen molar-refractivity contribution in [1.82, 2.24) is 10.2 Å². The molecule has 0 aliphatic carbocycles. The normalized spacial score (nSPS) is 12.8. The monoisotopic (exact) mass is 320 g/mol. The lowest BCUT2D eigenvalue weighted by Gasteiger charge is -2.27. The average Bonchev–Trinajstić information content (AvgIpc) is 2.41. The van der Waals surface area contributed by atoms with Crippen molar-refractivity contribution in [3.63, 3.8) is 0 Å². The average molecular weight is 320 g/mol. The van der Waals surface area contributed by atoms with Crippen LogP contribution in [0.5, 0.6) is 0 Å². The molecule has 1 N–H and O–H groups in total. The summed E-state index contributed by atoms with van der Waals surface area (Å²) in [7, 11) is 0. The molecule has 1 amide bonds. The minimum Gasteiger partial charge on any atom is -0.444 e. The first-order valence-corrected chi connectivity index (χ1v) is 8.42. The Balaban J connectivity index is 2.52. The number of ether oxygens (including phenoxy) is 1. The summed E-state index contributed by atoms with van der Waals surface area (Å²) in [5.41, 5.74) is 3.42. The second kappa shape index (κ2) is 8.34. The molecule has 0 aliphatic heterocycles. The number of amides is 1. The molecule has 1 aromatic rings. The van der Waals surface area contributed by atoms with Crippen molar-refractivity contribution in [1.29, 1.82) is 0 Å². The van der Waals surface area contributed by atoms with E-state index in [1.165, 1.54) is 16.7 Å². The quantitative estimate of drug-likeness (QED) is 0.853. The van der Waals surface area contributed by atoms with Gasteiger partial charge in [-0.15, -0.1) is 0 Å². The highest BCUT2D eigenvalue weighted by molar-refractivity contribution is 5.68. The lowest BCUT2D eigenvalue weighted by Crippen LogP contribution is -2.40. The Bertz CT molecular complexity index is 521. The van der Waals surface area contributed by atoms with Crippen LogP contribution in [0.15, 0.2) is 18.2 Å². The fourth-order valence-electron chi connectivity index (χ4n) is 2.54. The molecule has 4 nitrogen and oxygen atoms in total. The summed E-state index contributed by atoms with van der Waals surface area (Å²) >= 11 is 0. The summed E-state index contributed by atoms with van der Waals surface area (Å²) in [6.07, 6.45) is -0.249. The van der Waals surface area contributed by atoms with Gasteiger partial charge in [0.15, 0.2) is 0 Å². The molecule has 1 atom stereocenters. The van der Waals surface area contributed by atoms with Crippen LogP contribution in [0.4, 0.5) is 4.79 Å². The first-order valence-electron chi connectivity index (χ1n) is 8.42. The van der Waals surface area contributed by atoms with E-state index in [1.54, 1.807) is 4.90 Å². The molecule has 0 spiro atoms. The van der Waals surface area contributed by atoms with Gasteiger partial charge in [0.1, 0.15) is 5.60 Å². The first kappa shape index (κ1) is 19.5. The Morgan fingerprint density at radius 1 is 1.30 bits per heavy atom. The Hall–Kier alpha value is -1.55. The highest BCUT2D eigenvalue weighted by atomic mass is 16.6. The number of hydrogen-bond acceptors (Lipinski definition) is 3. The number of nitrogens with one attached hydrogen (secondary N) is 1. The largest absolute Gasteiger partial charge is 0.444 e. The van der Waals surface area contributed by atoms with Crippen LogP contribution in [0.25, 0.3) is 0 Å². The zero-order valence-electron chi connectivity index (χ0n) is 15.7. The van der Waals surface area contributed by atoms with Crippen LogP contribution in [0.2, 0.25) is 0 Å². The lowest BCUT2D eigenvalue weighted by molar-refractivity contribution is 0.0261. The molecule has 0 fully saturated rings. The zero-order chi connectivity index (χ0) is 17.6. The van der Waals surface area contributed by atoms with Crippen molar-refractivity contribution < 1.29 is 9.53 Å². The van der Waals surface area contributed by atoms with Gasteiger partial charge in [0.25, 0.3) is 0 Å². The Kier molecular flexibility index (Phi) is 7.07. The lowest BCUT2D eigenvalue weighted by atomic mass is 10.0. The molecular formula is C19H32N2O2. The molecule has 0 bridgehead atoms. The molecule has 130 valence electrons. The van der Waals surface area contributed by atoms with Gasteiger partial charge in [-0.25, -0.2) is 4.79 Å². The summed E-state index contributed by atoms with van der Waals surface area (Å²) in [4.78, 5) is 13.8. The van der Waals surface area contributed by atoms with Crippen molar-refractivity contribution >= 4 is 6.09 Å². The maximum atomic E-state index is 12.1. The van der Waals surface area contributed by atoms with Gasteiger partial charge >= 0.3 is 6.09 Å². The molecule has 0 saturated heterocycles. The third-order valence-corrected chi connectivity index (χ3v) is 3.76. The summed E-state index contributed by atoms with van der Waals surface area (Å²) in [6, 6.07) is 6.77. The number of nitrogens with zero attached hydrogens (tertiary/aromatic N) is 1. The SMILES string of the molecule is CCN(CCNC(C)c1ccc(C)cc1C)C(=O)OC(C)(C)C. The van der Waals surface area contributed by atoms with Gasteiger partial charge in [0.05, 0.1) is 0 Å². The van der Waals surface area contributed by atoms with Gasteiger partial charge in [0.2, 0.25) is 0 Å². The molecule has 1 unspecified atom stereocenters. The van der Waals surface area contributed by atoms with E-state index in [4.69, 9.17) is 4.74 Å². The summed E-state index contributed by atoms with van der Waals surface area (Å²) in [5.74, 6) is 0. The third-order valence-electron chi connectivity index (χ3n) is 3.76. The van der Waals surface area contributed by atoms with Gasteiger partial charge in [-0.2, -0.15) is 0 Å². The van der Waals surface area contributed by atoms with Crippen molar-refractivity contribution in [2.24, 2.45) is 0 Å². The van der Waals surface area contributed by atoms with Crippen LogP contribution < -0.4 is 5.32 Å². The summed E-state index contributed by atoms with van der Waals surface area (Å²) < 4.78 is 5.42. The van der Waals surface area contributed by atoms with Crippen molar-refractivity contribution in [2.45, 2.75) is 60.1 Å². The maximum absolute atomic E-state index is 12.1. The molecule has 0 aliphatic rings. The van der Waals surface area contributed by atoms with Crippen LogP contribution in [0, 0.1) is 13.8 Å². The topological polar surface area (TPSA) is 41.6 Å². The predicted octanol–water partition coefficient (Wildman–Crippen LogP) is 4.21. The molecular weight excluding hydrogens is 288 g/mol. The Morgan fingerprint density at radius 3 is 2.48 bits per heavy atom. The predicted molar refractivity (Wildman–Crippen MR) is 95.8 cm³/mol. The summed E-state index contributed by atoms with van der Waals surface area (Å²) in [5, 5.41) is 3.49. The standard InChI is InChI=1S/C19H32N2O2/c1-8-21(18(22)23-19(5,6)7)12-11-20-16(4)17-10-9-14(2)13-15(17)3/h9-10,13,16,20H,8,11-12H2,1-7H3. The van der Waals surface area contributed by atoms with E-state index in [0.717, 1.165) is 6.54 Å². The van der Waals surface area contributed by atoms with Crippen LogP contribution in [-0.2, 0) is 4.74 Å². The highest BCUT2D eigenvalue weighted by Crippen LogP contribution is 2.18. The van der Waals surface area contributed by atoms with E-state index >= 15 is 0 Å². The molecule has 0 radical (unpaired) electrons. The van der Waals surface area contributed by atoms with Crippen molar-refractivity contribution in [3.8, 4) is 0 Å². The highest BCUT2D eigenvalue weighted by Gasteiger charge is 2.20. The van der Waals surface area contributed by atoms with Crippen LogP contribution in [0.3, 0.4) is 0 Å². The summed E-state index contributed by atoms with van der Waals surface area (Å²) in [6.45, 7) is 16.1. The van der Waals surface area contributed by atoms with E-state index in [1.807, 2.05) is 27.7 Å². The molecule has 0 heterocycles. The van der Waals surface area contributed by atoms with Gasteiger partial charge in [-0.1, -0.05) is 23.8 Å². The third kappa shape index (κ3) is 6.61. The second-order valence-corrected chi connectivity index (χ2v) is 7.10. The molecule has 0 aromatic heterocycles. The Labute approximate surface area is 141 Å². The number of hydrogen-bond donors (Lipinski definition) is 1. The number of likely N-dealkylation sites (N-methyl/N-ethyl adjacent to an activating group) is 1. The fourth-order valence-corrected chi connectivity index (χ4v) is 2.54. The maximum Gasteiger partial charge on any atom is 0.410 e. The number of aryl methyl sites for hydroxylation is 2. The van der Waals surface area contributed by atoms with Crippen molar-refractivity contribution in [3.05, 3.63) is 34.9 Å². The minimum atomic E-state index is -0.454. The molecule has 23 heavy (non-hydrogen) atoms. The van der Waals surface area contributed by atoms with Gasteiger partial charge in [0, 0.05) is 25.7 Å². The first-order chi connectivity index (χ1) is 10.6. The number of benzene rings is 1. The smallest absolute Gasteiger partial charge is 0.410 e. The van der Waals surface area contributed by atoms with Gasteiger partial charge in [-0.05, 0) is 59.6 Å². The number of carbonyl (C=O) groups is 1. The molecule has 1 rings (SSSR count). The molecule has 0 saturated carbocycles. The second-order valence-electron chi connectivity index (χ2n) is 7.10. The number of carbonyl (C=O) groups excluding carboxylic acids is 1. The van der Waals surface area contributed by atoms with Gasteiger partial charge < -0.3 is 15.0 Å². The Morgan fingerprint density at radius 2 is 1.96 bits per heavy atom. The van der Waals surface area contributed by atoms with E-state index in [9.17, 15) is 4.79 Å². The van der Waals surface area contributed by atoms with Gasteiger partial charge in [-0.3, -0.25) is 0 Å². The minimum absolute atomic E-state index is 0.249. The van der Waals surface area contributed by atoms with Crippen LogP contribution >= 0.6 is 0 Å². The zero-order valence-corrected chi connectivity index (χ0v) is 15.7. The fraction of sp³-hybridized carbons (Fsp3) is 0.632. The molecule has 4 heteroatoms. The van der Waals surface area contributed by atoms with E-state index in [-0.39, 0.29) is 12.1 Å². The van der Waals surface area contributed by atoms with Crippen molar-refractivity contribution in [2.75, 3.05) is 19.6 Å². The van der Waals surface area contributed by atoms with E-state index in [0.29, 0.717) is 13.1 Å². The van der Waals surface area contributed by atoms with E-state index in [2.05, 4.69) is 44.3 Å². The van der Waals surface area contributed by atoms with E-state index < -0.39 is 5.60 Å². The van der Waals surface area contributed by atoms with Crippen LogP contribution in [-0.4, -0.2) is 36.2 Å². The number of rotatable bonds is 6.